The van der Waals surface area contributed by atoms with Crippen molar-refractivity contribution < 1.29 is 12.8 Å². The van der Waals surface area contributed by atoms with Gasteiger partial charge in [-0.1, -0.05) is 18.0 Å². The summed E-state index contributed by atoms with van der Waals surface area (Å²) >= 11 is 5.96. The molecule has 7 heteroatoms. The highest BCUT2D eigenvalue weighted by Crippen LogP contribution is 2.27. The lowest BCUT2D eigenvalue weighted by atomic mass is 9.94. The van der Waals surface area contributed by atoms with Crippen LogP contribution in [0, 0.1) is 5.82 Å². The van der Waals surface area contributed by atoms with E-state index in [1.165, 1.54) is 12.1 Å². The molecule has 0 atom stereocenters. The molecule has 0 aromatic heterocycles. The Morgan fingerprint density at radius 1 is 1.19 bits per heavy atom. The van der Waals surface area contributed by atoms with Crippen LogP contribution in [0.4, 0.5) is 4.39 Å². The Hall–Kier alpha value is -0.690. The van der Waals surface area contributed by atoms with Crippen LogP contribution in [0.1, 0.15) is 37.7 Å². The maximum atomic E-state index is 14.5. The van der Waals surface area contributed by atoms with Crippen LogP contribution in [0.25, 0.3) is 0 Å². The van der Waals surface area contributed by atoms with Gasteiger partial charge < -0.3 is 5.32 Å². The molecule has 0 unspecified atom stereocenters. The molecule has 0 bridgehead atoms. The van der Waals surface area contributed by atoms with Crippen LogP contribution in [0.15, 0.2) is 17.0 Å². The van der Waals surface area contributed by atoms with E-state index in [0.29, 0.717) is 18.2 Å². The van der Waals surface area contributed by atoms with E-state index in [1.807, 2.05) is 0 Å². The second-order valence-corrected chi connectivity index (χ2v) is 7.90. The minimum Gasteiger partial charge on any atom is -0.310 e. The molecule has 0 amide bonds. The van der Waals surface area contributed by atoms with Gasteiger partial charge >= 0.3 is 0 Å². The summed E-state index contributed by atoms with van der Waals surface area (Å²) in [6, 6.07) is 2.99. The van der Waals surface area contributed by atoms with Gasteiger partial charge in [-0.05, 0) is 37.8 Å². The molecular weight excluding hydrogens is 315 g/mol. The summed E-state index contributed by atoms with van der Waals surface area (Å²) in [7, 11) is -3.86. The third-order valence-electron chi connectivity index (χ3n) is 3.95. The van der Waals surface area contributed by atoms with Crippen LogP contribution < -0.4 is 10.0 Å². The van der Waals surface area contributed by atoms with Gasteiger partial charge in [0, 0.05) is 29.2 Å². The molecule has 1 aromatic rings. The van der Waals surface area contributed by atoms with Crippen LogP contribution >= 0.6 is 11.6 Å². The molecule has 116 valence electrons. The first kappa shape index (κ1) is 15.2. The molecule has 0 radical (unpaired) electrons. The second-order valence-electron chi connectivity index (χ2n) is 5.78. The van der Waals surface area contributed by atoms with Gasteiger partial charge in [0.25, 0.3) is 0 Å². The van der Waals surface area contributed by atoms with Crippen molar-refractivity contribution in [2.75, 3.05) is 0 Å². The lowest BCUT2D eigenvalue weighted by Gasteiger charge is -2.26. The maximum absolute atomic E-state index is 14.5. The fraction of sp³-hybridized carbons (Fsp3) is 0.571. The van der Waals surface area contributed by atoms with Crippen molar-refractivity contribution >= 4 is 21.6 Å². The summed E-state index contributed by atoms with van der Waals surface area (Å²) in [6.45, 7) is 0.295. The lowest BCUT2D eigenvalue weighted by molar-refractivity contribution is 0.382. The third-order valence-corrected chi connectivity index (χ3v) is 5.69. The Labute approximate surface area is 129 Å². The topological polar surface area (TPSA) is 58.2 Å². The van der Waals surface area contributed by atoms with Gasteiger partial charge in [-0.3, -0.25) is 0 Å². The molecule has 2 N–H and O–H groups in total. The van der Waals surface area contributed by atoms with Crippen LogP contribution in [-0.4, -0.2) is 20.5 Å². The SMILES string of the molecule is O=S(=O)(NC1CCC1)c1cc(Cl)cc(CNC2CC2)c1F. The number of halogens is 2. The van der Waals surface area contributed by atoms with E-state index in [2.05, 4.69) is 10.0 Å². The molecule has 2 aliphatic carbocycles. The van der Waals surface area contributed by atoms with Gasteiger partial charge in [-0.15, -0.1) is 0 Å². The van der Waals surface area contributed by atoms with Gasteiger partial charge in [0.05, 0.1) is 0 Å². The Bertz CT molecular complexity index is 643. The quantitative estimate of drug-likeness (QED) is 0.841. The highest BCUT2D eigenvalue weighted by atomic mass is 35.5. The molecular formula is C14H18ClFN2O2S. The van der Waals surface area contributed by atoms with Crippen molar-refractivity contribution in [2.45, 2.75) is 55.6 Å². The Kier molecular flexibility index (Phi) is 4.23. The van der Waals surface area contributed by atoms with Gasteiger partial charge in [0.1, 0.15) is 10.7 Å². The first-order valence-corrected chi connectivity index (χ1v) is 9.05. The monoisotopic (exact) mass is 332 g/mol. The third kappa shape index (κ3) is 3.56. The van der Waals surface area contributed by atoms with Crippen LogP contribution in [0.5, 0.6) is 0 Å². The number of rotatable bonds is 6. The Morgan fingerprint density at radius 3 is 2.48 bits per heavy atom. The Balaban J connectivity index is 1.85. The van der Waals surface area contributed by atoms with Gasteiger partial charge in [-0.25, -0.2) is 17.5 Å². The number of nitrogens with one attached hydrogen (secondary N) is 2. The van der Waals surface area contributed by atoms with Crippen molar-refractivity contribution in [1.29, 1.82) is 0 Å². The highest BCUT2D eigenvalue weighted by Gasteiger charge is 2.28. The number of benzene rings is 1. The summed E-state index contributed by atoms with van der Waals surface area (Å²) in [5.41, 5.74) is 0.295. The normalized spacial score (nSPS) is 19.5. The van der Waals surface area contributed by atoms with Crippen molar-refractivity contribution in [3.05, 3.63) is 28.5 Å². The lowest BCUT2D eigenvalue weighted by Crippen LogP contribution is -2.39. The average molecular weight is 333 g/mol. The zero-order valence-corrected chi connectivity index (χ0v) is 13.1. The zero-order chi connectivity index (χ0) is 15.0. The number of sulfonamides is 1. The highest BCUT2D eigenvalue weighted by molar-refractivity contribution is 7.89. The largest absolute Gasteiger partial charge is 0.310 e. The molecule has 3 rings (SSSR count). The summed E-state index contributed by atoms with van der Waals surface area (Å²) in [4.78, 5) is -0.352. The molecule has 0 saturated heterocycles. The van der Waals surface area contributed by atoms with Gasteiger partial charge in [-0.2, -0.15) is 0 Å². The summed E-state index contributed by atoms with van der Waals surface area (Å²) in [5.74, 6) is -0.709. The van der Waals surface area contributed by atoms with E-state index >= 15 is 0 Å². The van der Waals surface area contributed by atoms with Crippen molar-refractivity contribution in [3.63, 3.8) is 0 Å². The van der Waals surface area contributed by atoms with Crippen molar-refractivity contribution in [1.82, 2.24) is 10.0 Å². The minimum absolute atomic E-state index is 0.0820. The first-order valence-electron chi connectivity index (χ1n) is 7.19. The number of hydrogen-bond acceptors (Lipinski definition) is 3. The fourth-order valence-electron chi connectivity index (χ4n) is 2.29. The predicted molar refractivity (Wildman–Crippen MR) is 79.2 cm³/mol. The minimum atomic E-state index is -3.86. The van der Waals surface area contributed by atoms with Crippen molar-refractivity contribution in [2.24, 2.45) is 0 Å². The molecule has 2 aliphatic rings. The van der Waals surface area contributed by atoms with E-state index < -0.39 is 15.8 Å². The summed E-state index contributed by atoms with van der Waals surface area (Å²) in [5, 5.41) is 3.40. The smallest absolute Gasteiger partial charge is 0.243 e. The van der Waals surface area contributed by atoms with Crippen molar-refractivity contribution in [3.8, 4) is 0 Å². The van der Waals surface area contributed by atoms with Crippen LogP contribution in [0.2, 0.25) is 5.02 Å². The molecule has 0 spiro atoms. The average Bonchev–Trinajstić information content (AvgIpc) is 3.18. The first-order chi connectivity index (χ1) is 9.95. The molecule has 21 heavy (non-hydrogen) atoms. The van der Waals surface area contributed by atoms with E-state index in [4.69, 9.17) is 11.6 Å². The molecule has 0 heterocycles. The Morgan fingerprint density at radius 2 is 1.90 bits per heavy atom. The zero-order valence-electron chi connectivity index (χ0n) is 11.5. The second kappa shape index (κ2) is 5.83. The molecule has 0 aliphatic heterocycles. The van der Waals surface area contributed by atoms with E-state index in [0.717, 1.165) is 32.1 Å². The predicted octanol–water partition coefficient (Wildman–Crippen LogP) is 2.56. The summed E-state index contributed by atoms with van der Waals surface area (Å²) in [6.07, 6.45) is 4.77. The van der Waals surface area contributed by atoms with Gasteiger partial charge in [0.15, 0.2) is 0 Å². The molecule has 1 aromatic carbocycles. The molecule has 4 nitrogen and oxygen atoms in total. The van der Waals surface area contributed by atoms with E-state index in [9.17, 15) is 12.8 Å². The maximum Gasteiger partial charge on any atom is 0.243 e. The van der Waals surface area contributed by atoms with E-state index in [-0.39, 0.29) is 16.0 Å². The van der Waals surface area contributed by atoms with E-state index in [1.54, 1.807) is 0 Å². The molecule has 2 fully saturated rings. The standard InChI is InChI=1S/C14H18ClFN2O2S/c15-10-6-9(8-17-11-4-5-11)14(16)13(7-10)21(19,20)18-12-2-1-3-12/h6-7,11-12,17-18H,1-5,8H2. The van der Waals surface area contributed by atoms with Crippen LogP contribution in [-0.2, 0) is 16.6 Å². The van der Waals surface area contributed by atoms with Crippen LogP contribution in [0.3, 0.4) is 0 Å². The summed E-state index contributed by atoms with van der Waals surface area (Å²) < 4.78 is 41.6. The van der Waals surface area contributed by atoms with Gasteiger partial charge in [0.2, 0.25) is 10.0 Å². The number of hydrogen-bond donors (Lipinski definition) is 2. The molecule has 2 saturated carbocycles. The fourth-order valence-corrected chi connectivity index (χ4v) is 4.05.